The maximum Gasteiger partial charge on any atom is 0.251 e. The van der Waals surface area contributed by atoms with Crippen LogP contribution in [0.4, 0.5) is 26.0 Å². The number of fused-ring (bicyclic) bond motifs is 1. The number of rotatable bonds is 11. The Labute approximate surface area is 239 Å². The van der Waals surface area contributed by atoms with E-state index in [0.29, 0.717) is 28.9 Å². The second kappa shape index (κ2) is 12.6. The number of nitrogens with one attached hydrogen (secondary N) is 3. The van der Waals surface area contributed by atoms with Gasteiger partial charge in [-0.3, -0.25) is 14.7 Å². The number of amides is 2. The first-order chi connectivity index (χ1) is 20.0. The first-order valence-corrected chi connectivity index (χ1v) is 12.8. The summed E-state index contributed by atoms with van der Waals surface area (Å²) < 4.78 is 34.0. The molecule has 4 N–H and O–H groups in total. The fraction of sp³-hybridized carbons (Fsp3) is 0.207. The smallest absolute Gasteiger partial charge is 0.251 e. The van der Waals surface area contributed by atoms with Crippen molar-refractivity contribution in [3.63, 3.8) is 0 Å². The van der Waals surface area contributed by atoms with Gasteiger partial charge in [-0.05, 0) is 70.2 Å². The molecule has 1 unspecified atom stereocenters. The van der Waals surface area contributed by atoms with Gasteiger partial charge in [0.25, 0.3) is 5.91 Å². The molecule has 11 nitrogen and oxygen atoms in total. The van der Waals surface area contributed by atoms with Crippen molar-refractivity contribution < 1.29 is 28.2 Å². The fourth-order valence-electron chi connectivity index (χ4n) is 3.54. The van der Waals surface area contributed by atoms with E-state index in [2.05, 4.69) is 30.9 Å². The van der Waals surface area contributed by atoms with Gasteiger partial charge in [-0.15, -0.1) is 0 Å². The van der Waals surface area contributed by atoms with E-state index in [-0.39, 0.29) is 28.8 Å². The number of benzene rings is 2. The Bertz CT molecular complexity index is 1650. The largest absolute Gasteiger partial charge is 0.453 e. The van der Waals surface area contributed by atoms with Crippen LogP contribution in [-0.4, -0.2) is 50.5 Å². The zero-order chi connectivity index (χ0) is 30.4. The van der Waals surface area contributed by atoms with Crippen molar-refractivity contribution in [3.8, 4) is 11.5 Å². The van der Waals surface area contributed by atoms with Crippen molar-refractivity contribution in [1.82, 2.24) is 15.2 Å². The van der Waals surface area contributed by atoms with Gasteiger partial charge in [-0.1, -0.05) is 0 Å². The van der Waals surface area contributed by atoms with Crippen LogP contribution < -0.4 is 20.4 Å². The highest BCUT2D eigenvalue weighted by molar-refractivity contribution is 6.05. The molecule has 0 aliphatic heterocycles. The minimum Gasteiger partial charge on any atom is -0.453 e. The van der Waals surface area contributed by atoms with E-state index in [9.17, 15) is 19.1 Å². The second-order valence-electron chi connectivity index (χ2n) is 9.87. The van der Waals surface area contributed by atoms with Crippen LogP contribution in [0.1, 0.15) is 27.7 Å². The minimum absolute atomic E-state index is 0.0997. The van der Waals surface area contributed by atoms with E-state index >= 15 is 4.39 Å². The molecule has 0 aliphatic carbocycles. The number of hydrogen-bond acceptors (Lipinski definition) is 8. The highest BCUT2D eigenvalue weighted by atomic mass is 19.1. The maximum absolute atomic E-state index is 15.0. The molecule has 42 heavy (non-hydrogen) atoms. The molecule has 2 heterocycles. The molecule has 0 aliphatic rings. The number of aromatic amines is 1. The summed E-state index contributed by atoms with van der Waals surface area (Å²) in [5.41, 5.74) is 0.110. The summed E-state index contributed by atoms with van der Waals surface area (Å²) in [4.78, 5) is 28.1. The molecule has 13 heteroatoms. The topological polar surface area (TPSA) is 145 Å². The Kier molecular flexibility index (Phi) is 8.91. The van der Waals surface area contributed by atoms with Crippen molar-refractivity contribution in [2.45, 2.75) is 39.3 Å². The van der Waals surface area contributed by atoms with E-state index in [4.69, 9.17) is 4.74 Å². The molecule has 4 aromatic rings. The number of hydrazone groups is 1. The van der Waals surface area contributed by atoms with Crippen molar-refractivity contribution >= 4 is 46.8 Å². The van der Waals surface area contributed by atoms with Crippen molar-refractivity contribution in [1.29, 1.82) is 0 Å². The molecular weight excluding hydrogens is 548 g/mol. The third-order valence-electron chi connectivity index (χ3n) is 6.31. The molecule has 0 radical (unpaired) electrons. The molecule has 0 spiro atoms. The van der Waals surface area contributed by atoms with Crippen molar-refractivity contribution in [3.05, 3.63) is 78.0 Å². The summed E-state index contributed by atoms with van der Waals surface area (Å²) in [5.74, 6) is -1.16. The number of H-pyrrole nitrogens is 1. The van der Waals surface area contributed by atoms with Crippen LogP contribution in [0.15, 0.2) is 71.5 Å². The number of nitrogens with zero attached hydrogens (tertiary/aromatic N) is 4. The Morgan fingerprint density at radius 2 is 1.90 bits per heavy atom. The average Bonchev–Trinajstić information content (AvgIpc) is 3.36. The standard InChI is InChI=1S/C29H29F2N7O4/c1-17(11-14-33-38(16-39)21-8-5-19(30)6-9-21)28(40)35-20-7-10-23(22(31)15-20)42-24-12-13-32-26-25(24)27(37-36-26)34-18(2)29(3,4)41/h5-16,18,41H,1-4H3,(H,35,40)(H2,32,34,36,37)/b17-11+,33-14-. The first-order valence-electron chi connectivity index (χ1n) is 12.8. The van der Waals surface area contributed by atoms with Crippen molar-refractivity contribution in [2.75, 3.05) is 15.6 Å². The summed E-state index contributed by atoms with van der Waals surface area (Å²) in [6, 6.07) is 10.3. The molecule has 2 aromatic heterocycles. The molecule has 0 bridgehead atoms. The zero-order valence-electron chi connectivity index (χ0n) is 23.2. The third-order valence-corrected chi connectivity index (χ3v) is 6.31. The highest BCUT2D eigenvalue weighted by Gasteiger charge is 2.25. The van der Waals surface area contributed by atoms with Gasteiger partial charge in [0.1, 0.15) is 17.0 Å². The van der Waals surface area contributed by atoms with E-state index < -0.39 is 23.1 Å². The predicted octanol–water partition coefficient (Wildman–Crippen LogP) is 5.13. The summed E-state index contributed by atoms with van der Waals surface area (Å²) in [6.07, 6.45) is 4.53. The molecular formula is C29H29F2N7O4. The SMILES string of the molecule is C/C(=C\C=N/N(C=O)c1ccc(F)cc1)C(=O)Nc1ccc(Oc2ccnc3[nH]nc(NC(C)C(C)(C)O)c23)c(F)c1. The van der Waals surface area contributed by atoms with Crippen LogP contribution in [0.25, 0.3) is 11.0 Å². The minimum atomic E-state index is -1.04. The Morgan fingerprint density at radius 1 is 1.17 bits per heavy atom. The number of aromatic nitrogens is 3. The molecule has 218 valence electrons. The van der Waals surface area contributed by atoms with E-state index in [0.717, 1.165) is 11.1 Å². The van der Waals surface area contributed by atoms with E-state index in [1.54, 1.807) is 26.8 Å². The summed E-state index contributed by atoms with van der Waals surface area (Å²) in [7, 11) is 0. The predicted molar refractivity (Wildman–Crippen MR) is 156 cm³/mol. The quantitative estimate of drug-likeness (QED) is 0.0837. The number of ether oxygens (including phenoxy) is 1. The van der Waals surface area contributed by atoms with Gasteiger partial charge in [-0.2, -0.15) is 10.2 Å². The first kappa shape index (κ1) is 29.8. The van der Waals surface area contributed by atoms with Crippen LogP contribution in [0.3, 0.4) is 0 Å². The summed E-state index contributed by atoms with van der Waals surface area (Å²) >= 11 is 0. The van der Waals surface area contributed by atoms with Gasteiger partial charge < -0.3 is 20.5 Å². The zero-order valence-corrected chi connectivity index (χ0v) is 23.2. The fourth-order valence-corrected chi connectivity index (χ4v) is 3.54. The third kappa shape index (κ3) is 7.12. The molecule has 2 aromatic carbocycles. The lowest BCUT2D eigenvalue weighted by molar-refractivity contribution is -0.112. The number of aliphatic hydroxyl groups is 1. The van der Waals surface area contributed by atoms with Crippen LogP contribution in [0.2, 0.25) is 0 Å². The number of anilines is 3. The summed E-state index contributed by atoms with van der Waals surface area (Å²) in [5, 5.41) is 28.4. The average molecular weight is 578 g/mol. The van der Waals surface area contributed by atoms with Gasteiger partial charge in [-0.25, -0.2) is 18.8 Å². The normalized spacial score (nSPS) is 12.8. The lowest BCUT2D eigenvalue weighted by Gasteiger charge is -2.26. The molecule has 4 rings (SSSR count). The van der Waals surface area contributed by atoms with Crippen LogP contribution in [-0.2, 0) is 9.59 Å². The Balaban J connectivity index is 1.45. The van der Waals surface area contributed by atoms with Gasteiger partial charge in [0.05, 0.1) is 17.3 Å². The number of hydrogen-bond donors (Lipinski definition) is 4. The van der Waals surface area contributed by atoms with Crippen molar-refractivity contribution in [2.24, 2.45) is 5.10 Å². The monoisotopic (exact) mass is 577 g/mol. The van der Waals surface area contributed by atoms with Crippen LogP contribution >= 0.6 is 0 Å². The maximum atomic E-state index is 15.0. The van der Waals surface area contributed by atoms with Crippen LogP contribution in [0, 0.1) is 11.6 Å². The number of allylic oxidation sites excluding steroid dienone is 1. The molecule has 0 saturated carbocycles. The molecule has 1 atom stereocenters. The number of carbonyl (C=O) groups excluding carboxylic acids is 2. The summed E-state index contributed by atoms with van der Waals surface area (Å²) in [6.45, 7) is 6.63. The van der Waals surface area contributed by atoms with E-state index in [1.807, 2.05) is 0 Å². The van der Waals surface area contributed by atoms with E-state index in [1.165, 1.54) is 61.8 Å². The molecule has 0 fully saturated rings. The van der Waals surface area contributed by atoms with Gasteiger partial charge in [0, 0.05) is 35.8 Å². The van der Waals surface area contributed by atoms with Gasteiger partial charge in [0.2, 0.25) is 6.41 Å². The molecule has 2 amide bonds. The Morgan fingerprint density at radius 3 is 2.57 bits per heavy atom. The number of halogens is 2. The number of pyridine rings is 1. The van der Waals surface area contributed by atoms with Gasteiger partial charge in [0.15, 0.2) is 23.0 Å². The Hall–Kier alpha value is -5.17. The lowest BCUT2D eigenvalue weighted by Crippen LogP contribution is -2.39. The number of carbonyl (C=O) groups is 2. The molecule has 0 saturated heterocycles. The van der Waals surface area contributed by atoms with Crippen LogP contribution in [0.5, 0.6) is 11.5 Å². The lowest BCUT2D eigenvalue weighted by atomic mass is 10.0. The second-order valence-corrected chi connectivity index (χ2v) is 9.87. The van der Waals surface area contributed by atoms with Gasteiger partial charge >= 0.3 is 0 Å². The highest BCUT2D eigenvalue weighted by Crippen LogP contribution is 2.35.